The molecule has 0 spiro atoms. The van der Waals surface area contributed by atoms with Gasteiger partial charge in [-0.2, -0.15) is 0 Å². The second-order valence-corrected chi connectivity index (χ2v) is 5.12. The van der Waals surface area contributed by atoms with Crippen LogP contribution >= 0.6 is 0 Å². The summed E-state index contributed by atoms with van der Waals surface area (Å²) in [6, 6.07) is 0.448. The first-order chi connectivity index (χ1) is 8.18. The minimum atomic E-state index is 0.288. The highest BCUT2D eigenvalue weighted by atomic mass is 16.2. The number of aryl methyl sites for hydroxylation is 1. The Hall–Kier alpha value is -1.32. The molecule has 0 radical (unpaired) electrons. The maximum absolute atomic E-state index is 12.1. The van der Waals surface area contributed by atoms with Crippen LogP contribution in [0, 0.1) is 5.92 Å². The topological polar surface area (TPSA) is 49.0 Å². The molecule has 1 saturated heterocycles. The Labute approximate surface area is 102 Å². The molecule has 4 heteroatoms. The van der Waals surface area contributed by atoms with Crippen molar-refractivity contribution in [1.29, 1.82) is 0 Å². The zero-order chi connectivity index (χ0) is 12.3. The number of hydrogen-bond acceptors (Lipinski definition) is 2. The Morgan fingerprint density at radius 1 is 1.65 bits per heavy atom. The fourth-order valence-electron chi connectivity index (χ4n) is 2.60. The highest BCUT2D eigenvalue weighted by molar-refractivity contribution is 5.77. The molecule has 1 amide bonds. The van der Waals surface area contributed by atoms with Crippen LogP contribution in [0.5, 0.6) is 0 Å². The number of H-pyrrole nitrogens is 1. The van der Waals surface area contributed by atoms with Crippen LogP contribution in [-0.4, -0.2) is 33.4 Å². The van der Waals surface area contributed by atoms with Crippen LogP contribution in [0.4, 0.5) is 0 Å². The number of aromatic amines is 1. The lowest BCUT2D eigenvalue weighted by Crippen LogP contribution is -2.38. The van der Waals surface area contributed by atoms with Gasteiger partial charge in [0.05, 0.1) is 6.33 Å². The molecule has 0 bridgehead atoms. The molecule has 17 heavy (non-hydrogen) atoms. The zero-order valence-corrected chi connectivity index (χ0v) is 10.6. The van der Waals surface area contributed by atoms with Crippen molar-refractivity contribution < 1.29 is 4.79 Å². The van der Waals surface area contributed by atoms with Gasteiger partial charge in [-0.3, -0.25) is 4.79 Å². The summed E-state index contributed by atoms with van der Waals surface area (Å²) < 4.78 is 0. The van der Waals surface area contributed by atoms with Gasteiger partial charge in [0, 0.05) is 30.9 Å². The predicted octanol–water partition coefficient (Wildman–Crippen LogP) is 1.99. The quantitative estimate of drug-likeness (QED) is 0.867. The Kier molecular flexibility index (Phi) is 3.82. The minimum Gasteiger partial charge on any atom is -0.348 e. The number of nitrogens with zero attached hydrogens (tertiary/aromatic N) is 2. The Morgan fingerprint density at radius 2 is 2.47 bits per heavy atom. The van der Waals surface area contributed by atoms with Crippen LogP contribution in [0.2, 0.25) is 0 Å². The number of imidazole rings is 1. The van der Waals surface area contributed by atoms with Gasteiger partial charge in [0.15, 0.2) is 0 Å². The fourth-order valence-corrected chi connectivity index (χ4v) is 2.60. The first kappa shape index (κ1) is 12.1. The van der Waals surface area contributed by atoms with E-state index in [9.17, 15) is 4.79 Å². The Balaban J connectivity index is 1.87. The molecular weight excluding hydrogens is 214 g/mol. The molecule has 1 atom stereocenters. The average molecular weight is 235 g/mol. The van der Waals surface area contributed by atoms with Crippen molar-refractivity contribution in [2.24, 2.45) is 5.92 Å². The van der Waals surface area contributed by atoms with E-state index >= 15 is 0 Å². The Bertz CT molecular complexity index is 359. The highest BCUT2D eigenvalue weighted by Gasteiger charge is 2.30. The standard InChI is InChI=1S/C13H21N3O/c1-10(2)12-4-3-7-16(12)13(17)6-5-11-8-14-9-15-11/h8-10,12H,3-7H2,1-2H3,(H,14,15)/t12-/m0/s1. The molecule has 0 aliphatic carbocycles. The molecule has 0 saturated carbocycles. The molecule has 1 aromatic heterocycles. The van der Waals surface area contributed by atoms with Gasteiger partial charge in [0.2, 0.25) is 5.91 Å². The van der Waals surface area contributed by atoms with Crippen molar-refractivity contribution in [3.05, 3.63) is 18.2 Å². The molecule has 1 aliphatic rings. The smallest absolute Gasteiger partial charge is 0.223 e. The Morgan fingerprint density at radius 3 is 3.12 bits per heavy atom. The van der Waals surface area contributed by atoms with Crippen molar-refractivity contribution in [3.8, 4) is 0 Å². The summed E-state index contributed by atoms with van der Waals surface area (Å²) in [6.07, 6.45) is 7.11. The van der Waals surface area contributed by atoms with E-state index in [1.165, 1.54) is 0 Å². The first-order valence-corrected chi connectivity index (χ1v) is 6.45. The molecule has 0 aromatic carbocycles. The third kappa shape index (κ3) is 2.87. The van der Waals surface area contributed by atoms with Gasteiger partial charge in [-0.1, -0.05) is 13.8 Å². The summed E-state index contributed by atoms with van der Waals surface area (Å²) in [6.45, 7) is 5.33. The van der Waals surface area contributed by atoms with Gasteiger partial charge in [-0.15, -0.1) is 0 Å². The van der Waals surface area contributed by atoms with Gasteiger partial charge in [-0.25, -0.2) is 4.98 Å². The third-order valence-corrected chi connectivity index (χ3v) is 3.55. The monoisotopic (exact) mass is 235 g/mol. The summed E-state index contributed by atoms with van der Waals surface area (Å²) in [5, 5.41) is 0. The number of amides is 1. The number of carbonyl (C=O) groups is 1. The van der Waals surface area contributed by atoms with E-state index in [-0.39, 0.29) is 5.91 Å². The summed E-state index contributed by atoms with van der Waals surface area (Å²) >= 11 is 0. The number of likely N-dealkylation sites (tertiary alicyclic amines) is 1. The van der Waals surface area contributed by atoms with Crippen LogP contribution in [-0.2, 0) is 11.2 Å². The molecule has 1 aliphatic heterocycles. The largest absolute Gasteiger partial charge is 0.348 e. The summed E-state index contributed by atoms with van der Waals surface area (Å²) in [5.74, 6) is 0.851. The molecular formula is C13H21N3O. The normalized spacial score (nSPS) is 20.2. The first-order valence-electron chi connectivity index (χ1n) is 6.45. The van der Waals surface area contributed by atoms with Gasteiger partial charge in [0.1, 0.15) is 0 Å². The maximum Gasteiger partial charge on any atom is 0.223 e. The van der Waals surface area contributed by atoms with Crippen molar-refractivity contribution in [2.75, 3.05) is 6.54 Å². The van der Waals surface area contributed by atoms with Crippen molar-refractivity contribution in [1.82, 2.24) is 14.9 Å². The number of aromatic nitrogens is 2. The lowest BCUT2D eigenvalue weighted by molar-refractivity contribution is -0.132. The highest BCUT2D eigenvalue weighted by Crippen LogP contribution is 2.24. The van der Waals surface area contributed by atoms with E-state index in [0.717, 1.165) is 31.5 Å². The second-order valence-electron chi connectivity index (χ2n) is 5.12. The van der Waals surface area contributed by atoms with E-state index in [0.29, 0.717) is 18.4 Å². The molecule has 2 heterocycles. The van der Waals surface area contributed by atoms with Gasteiger partial charge < -0.3 is 9.88 Å². The minimum absolute atomic E-state index is 0.288. The van der Waals surface area contributed by atoms with Gasteiger partial charge in [-0.05, 0) is 25.2 Å². The lowest BCUT2D eigenvalue weighted by Gasteiger charge is -2.27. The number of carbonyl (C=O) groups excluding carboxylic acids is 1. The molecule has 1 N–H and O–H groups in total. The fraction of sp³-hybridized carbons (Fsp3) is 0.692. The van der Waals surface area contributed by atoms with E-state index in [4.69, 9.17) is 0 Å². The summed E-state index contributed by atoms with van der Waals surface area (Å²) in [4.78, 5) is 21.2. The second kappa shape index (κ2) is 5.34. The number of hydrogen-bond donors (Lipinski definition) is 1. The number of nitrogens with one attached hydrogen (secondary N) is 1. The van der Waals surface area contributed by atoms with Crippen LogP contribution in [0.1, 0.15) is 38.8 Å². The van der Waals surface area contributed by atoms with Crippen LogP contribution in [0.15, 0.2) is 12.5 Å². The maximum atomic E-state index is 12.1. The molecule has 1 aromatic rings. The SMILES string of the molecule is CC(C)[C@@H]1CCCN1C(=O)CCc1cnc[nH]1. The van der Waals surface area contributed by atoms with Crippen LogP contribution in [0.3, 0.4) is 0 Å². The van der Waals surface area contributed by atoms with Crippen LogP contribution in [0.25, 0.3) is 0 Å². The average Bonchev–Trinajstić information content (AvgIpc) is 2.96. The van der Waals surface area contributed by atoms with Gasteiger partial charge in [0.25, 0.3) is 0 Å². The molecule has 4 nitrogen and oxygen atoms in total. The summed E-state index contributed by atoms with van der Waals surface area (Å²) in [7, 11) is 0. The lowest BCUT2D eigenvalue weighted by atomic mass is 10.0. The zero-order valence-electron chi connectivity index (χ0n) is 10.6. The van der Waals surface area contributed by atoms with Crippen molar-refractivity contribution in [3.63, 3.8) is 0 Å². The molecule has 2 rings (SSSR count). The molecule has 94 valence electrons. The number of rotatable bonds is 4. The van der Waals surface area contributed by atoms with E-state index in [2.05, 4.69) is 28.7 Å². The van der Waals surface area contributed by atoms with E-state index in [1.54, 1.807) is 12.5 Å². The van der Waals surface area contributed by atoms with E-state index < -0.39 is 0 Å². The van der Waals surface area contributed by atoms with Crippen molar-refractivity contribution >= 4 is 5.91 Å². The van der Waals surface area contributed by atoms with E-state index in [1.807, 2.05) is 0 Å². The van der Waals surface area contributed by atoms with Gasteiger partial charge >= 0.3 is 0 Å². The predicted molar refractivity (Wildman–Crippen MR) is 66.5 cm³/mol. The molecule has 0 unspecified atom stereocenters. The van der Waals surface area contributed by atoms with Crippen LogP contribution < -0.4 is 0 Å². The third-order valence-electron chi connectivity index (χ3n) is 3.55. The summed E-state index contributed by atoms with van der Waals surface area (Å²) in [5.41, 5.74) is 1.04. The molecule has 1 fully saturated rings. The van der Waals surface area contributed by atoms with Crippen molar-refractivity contribution in [2.45, 2.75) is 45.6 Å².